The van der Waals surface area contributed by atoms with Crippen LogP contribution in [0.2, 0.25) is 0 Å². The summed E-state index contributed by atoms with van der Waals surface area (Å²) in [5, 5.41) is 0. The minimum absolute atomic E-state index is 0.577. The second-order valence-corrected chi connectivity index (χ2v) is 5.16. The maximum Gasteiger partial charge on any atom is 0.216 e. The summed E-state index contributed by atoms with van der Waals surface area (Å²) in [5.41, 5.74) is 3.37. The molecule has 0 saturated carbocycles. The summed E-state index contributed by atoms with van der Waals surface area (Å²) in [6, 6.07) is 16.5. The molecule has 0 saturated heterocycles. The molecule has 0 spiro atoms. The summed E-state index contributed by atoms with van der Waals surface area (Å²) in [4.78, 5) is 6.58. The van der Waals surface area contributed by atoms with Crippen molar-refractivity contribution < 1.29 is 9.47 Å². The molecule has 2 aliphatic rings. The van der Waals surface area contributed by atoms with Crippen LogP contribution < -0.4 is 9.64 Å². The first-order valence-corrected chi connectivity index (χ1v) is 7.13. The van der Waals surface area contributed by atoms with Gasteiger partial charge < -0.3 is 14.4 Å². The molecule has 2 aliphatic heterocycles. The third-order valence-corrected chi connectivity index (χ3v) is 3.75. The predicted octanol–water partition coefficient (Wildman–Crippen LogP) is 2.82. The van der Waals surface area contributed by atoms with E-state index >= 15 is 0 Å². The first kappa shape index (κ1) is 12.3. The van der Waals surface area contributed by atoms with Gasteiger partial charge in [0.25, 0.3) is 0 Å². The molecule has 0 aliphatic carbocycles. The van der Waals surface area contributed by atoms with Gasteiger partial charge in [0, 0.05) is 23.4 Å². The van der Waals surface area contributed by atoms with E-state index in [1.807, 2.05) is 30.3 Å². The normalized spacial score (nSPS) is 16.8. The van der Waals surface area contributed by atoms with Crippen LogP contribution in [-0.2, 0) is 11.3 Å². The second kappa shape index (κ2) is 5.13. The molecule has 0 atom stereocenters. The van der Waals surface area contributed by atoms with Gasteiger partial charge in [0.05, 0.1) is 6.54 Å². The lowest BCUT2D eigenvalue weighted by Crippen LogP contribution is -2.31. The monoisotopic (exact) mass is 280 g/mol. The Morgan fingerprint density at radius 2 is 1.90 bits per heavy atom. The van der Waals surface area contributed by atoms with Gasteiger partial charge in [-0.1, -0.05) is 18.2 Å². The van der Waals surface area contributed by atoms with Gasteiger partial charge in [0.2, 0.25) is 5.90 Å². The molecular formula is C17H16N2O2. The largest absolute Gasteiger partial charge is 0.476 e. The van der Waals surface area contributed by atoms with Crippen molar-refractivity contribution in [2.24, 2.45) is 4.99 Å². The number of nitrogens with zero attached hydrogens (tertiary/aromatic N) is 2. The fraction of sp³-hybridized carbons (Fsp3) is 0.235. The molecule has 0 unspecified atom stereocenters. The third kappa shape index (κ3) is 2.33. The van der Waals surface area contributed by atoms with Crippen molar-refractivity contribution in [3.8, 4) is 5.75 Å². The highest BCUT2D eigenvalue weighted by atomic mass is 16.5. The van der Waals surface area contributed by atoms with Crippen molar-refractivity contribution in [1.82, 2.24) is 0 Å². The summed E-state index contributed by atoms with van der Waals surface area (Å²) in [6.45, 7) is 2.84. The lowest BCUT2D eigenvalue weighted by atomic mass is 10.1. The Morgan fingerprint density at radius 3 is 2.71 bits per heavy atom. The lowest BCUT2D eigenvalue weighted by molar-refractivity contribution is 0.289. The lowest BCUT2D eigenvalue weighted by Gasteiger charge is -2.31. The Kier molecular flexibility index (Phi) is 2.99. The number of fused-ring (bicyclic) bond motifs is 1. The molecule has 0 aromatic heterocycles. The van der Waals surface area contributed by atoms with Crippen molar-refractivity contribution in [2.45, 2.75) is 6.54 Å². The van der Waals surface area contributed by atoms with E-state index in [-0.39, 0.29) is 0 Å². The van der Waals surface area contributed by atoms with E-state index in [0.29, 0.717) is 13.3 Å². The average Bonchev–Trinajstić information content (AvgIpc) is 3.09. The minimum Gasteiger partial charge on any atom is -0.476 e. The summed E-state index contributed by atoms with van der Waals surface area (Å²) in [7, 11) is 0. The van der Waals surface area contributed by atoms with E-state index in [2.05, 4.69) is 28.1 Å². The van der Waals surface area contributed by atoms with E-state index in [9.17, 15) is 0 Å². The van der Waals surface area contributed by atoms with Crippen LogP contribution in [0.25, 0.3) is 0 Å². The van der Waals surface area contributed by atoms with E-state index in [0.717, 1.165) is 30.3 Å². The van der Waals surface area contributed by atoms with Crippen molar-refractivity contribution in [2.75, 3.05) is 24.8 Å². The van der Waals surface area contributed by atoms with Crippen LogP contribution in [-0.4, -0.2) is 25.8 Å². The number of rotatable bonds is 2. The molecule has 2 heterocycles. The highest BCUT2D eigenvalue weighted by Crippen LogP contribution is 2.29. The van der Waals surface area contributed by atoms with Crippen molar-refractivity contribution in [1.29, 1.82) is 0 Å². The van der Waals surface area contributed by atoms with Crippen LogP contribution in [0.15, 0.2) is 53.5 Å². The highest BCUT2D eigenvalue weighted by molar-refractivity contribution is 5.95. The fourth-order valence-electron chi connectivity index (χ4n) is 2.69. The third-order valence-electron chi connectivity index (χ3n) is 3.75. The zero-order valence-electron chi connectivity index (χ0n) is 11.7. The number of para-hydroxylation sites is 1. The molecule has 0 bridgehead atoms. The first-order valence-electron chi connectivity index (χ1n) is 7.13. The van der Waals surface area contributed by atoms with Gasteiger partial charge in [-0.25, -0.2) is 4.99 Å². The first-order chi connectivity index (χ1) is 10.4. The summed E-state index contributed by atoms with van der Waals surface area (Å²) in [5.74, 6) is 1.69. The van der Waals surface area contributed by atoms with E-state index in [4.69, 9.17) is 9.47 Å². The zero-order valence-corrected chi connectivity index (χ0v) is 11.7. The van der Waals surface area contributed by atoms with Crippen LogP contribution in [0.3, 0.4) is 0 Å². The zero-order chi connectivity index (χ0) is 14.1. The van der Waals surface area contributed by atoms with E-state index in [1.165, 1.54) is 11.3 Å². The van der Waals surface area contributed by atoms with Crippen LogP contribution in [0.1, 0.15) is 11.1 Å². The Hall–Kier alpha value is -2.49. The van der Waals surface area contributed by atoms with Gasteiger partial charge in [-0.05, 0) is 30.3 Å². The average molecular weight is 280 g/mol. The Morgan fingerprint density at radius 1 is 1.00 bits per heavy atom. The molecule has 4 nitrogen and oxygen atoms in total. The quantitative estimate of drug-likeness (QED) is 0.848. The number of anilines is 1. The van der Waals surface area contributed by atoms with Gasteiger partial charge in [-0.2, -0.15) is 0 Å². The number of benzene rings is 2. The highest BCUT2D eigenvalue weighted by Gasteiger charge is 2.20. The maximum absolute atomic E-state index is 5.85. The smallest absolute Gasteiger partial charge is 0.216 e. The maximum atomic E-state index is 5.85. The summed E-state index contributed by atoms with van der Waals surface area (Å²) in [6.07, 6.45) is 0. The molecule has 106 valence electrons. The predicted molar refractivity (Wildman–Crippen MR) is 81.9 cm³/mol. The second-order valence-electron chi connectivity index (χ2n) is 5.16. The van der Waals surface area contributed by atoms with Crippen LogP contribution >= 0.6 is 0 Å². The standard InChI is InChI=1S/C17H16N2O2/c1-2-4-15(5-3-1)19-11-14-10-13(17-18-8-9-20-17)6-7-16(14)21-12-19/h1-7,10H,8-9,11-12H2. The topological polar surface area (TPSA) is 34.1 Å². The Labute approximate surface area is 123 Å². The van der Waals surface area contributed by atoms with Crippen LogP contribution in [0.4, 0.5) is 5.69 Å². The molecule has 2 aromatic carbocycles. The van der Waals surface area contributed by atoms with Gasteiger partial charge in [-0.3, -0.25) is 0 Å². The van der Waals surface area contributed by atoms with Gasteiger partial charge in [0.15, 0.2) is 6.73 Å². The number of ether oxygens (including phenoxy) is 2. The molecule has 4 heteroatoms. The summed E-state index contributed by atoms with van der Waals surface area (Å²) >= 11 is 0. The molecule has 21 heavy (non-hydrogen) atoms. The van der Waals surface area contributed by atoms with Gasteiger partial charge >= 0.3 is 0 Å². The molecule has 0 N–H and O–H groups in total. The fourth-order valence-corrected chi connectivity index (χ4v) is 2.69. The molecule has 4 rings (SSSR count). The van der Waals surface area contributed by atoms with Gasteiger partial charge in [-0.15, -0.1) is 0 Å². The molecule has 0 fully saturated rings. The Bertz CT molecular complexity index is 682. The summed E-state index contributed by atoms with van der Waals surface area (Å²) < 4.78 is 11.4. The molecule has 0 amide bonds. The van der Waals surface area contributed by atoms with E-state index in [1.54, 1.807) is 0 Å². The van der Waals surface area contributed by atoms with Crippen LogP contribution in [0, 0.1) is 0 Å². The van der Waals surface area contributed by atoms with Crippen molar-refractivity contribution in [3.63, 3.8) is 0 Å². The number of hydrogen-bond acceptors (Lipinski definition) is 4. The number of aliphatic imine (C=N–C) groups is 1. The van der Waals surface area contributed by atoms with E-state index < -0.39 is 0 Å². The minimum atomic E-state index is 0.577. The molecular weight excluding hydrogens is 264 g/mol. The molecule has 2 aromatic rings. The van der Waals surface area contributed by atoms with Crippen molar-refractivity contribution >= 4 is 11.6 Å². The van der Waals surface area contributed by atoms with Crippen molar-refractivity contribution in [3.05, 3.63) is 59.7 Å². The SMILES string of the molecule is c1ccc(N2COc3ccc(C4=NCCO4)cc3C2)cc1. The molecule has 0 radical (unpaired) electrons. The van der Waals surface area contributed by atoms with Crippen LogP contribution in [0.5, 0.6) is 5.75 Å². The Balaban J connectivity index is 1.63. The number of hydrogen-bond donors (Lipinski definition) is 0. The van der Waals surface area contributed by atoms with Gasteiger partial charge in [0.1, 0.15) is 12.4 Å².